The molecule has 2 aromatic rings. The summed E-state index contributed by atoms with van der Waals surface area (Å²) >= 11 is 6.01. The highest BCUT2D eigenvalue weighted by Gasteiger charge is 2.29. The Hall–Kier alpha value is -1.63. The zero-order chi connectivity index (χ0) is 19.3. The van der Waals surface area contributed by atoms with Crippen LogP contribution >= 0.6 is 11.6 Å². The quantitative estimate of drug-likeness (QED) is 0.725. The van der Waals surface area contributed by atoms with Crippen molar-refractivity contribution in [2.75, 3.05) is 32.8 Å². The lowest BCUT2D eigenvalue weighted by atomic mass is 9.93. The summed E-state index contributed by atoms with van der Waals surface area (Å²) in [5.74, 6) is 1.31. The number of piperidine rings is 1. The Kier molecular flexibility index (Phi) is 6.50. The van der Waals surface area contributed by atoms with Crippen LogP contribution in [-0.2, 0) is 16.0 Å². The molecule has 1 aromatic carbocycles. The van der Waals surface area contributed by atoms with E-state index in [1.807, 2.05) is 18.2 Å². The molecule has 0 radical (unpaired) electrons. The number of rotatable bonds is 6. The van der Waals surface area contributed by atoms with Crippen molar-refractivity contribution in [1.82, 2.24) is 20.2 Å². The first kappa shape index (κ1) is 19.7. The highest BCUT2D eigenvalue weighted by atomic mass is 35.5. The maximum atomic E-state index is 12.5. The van der Waals surface area contributed by atoms with Crippen molar-refractivity contribution in [3.05, 3.63) is 29.0 Å². The Morgan fingerprint density at radius 1 is 1.25 bits per heavy atom. The van der Waals surface area contributed by atoms with Crippen LogP contribution in [0, 0.1) is 5.92 Å². The molecule has 0 atom stereocenters. The van der Waals surface area contributed by atoms with E-state index in [1.165, 1.54) is 0 Å². The van der Waals surface area contributed by atoms with Crippen molar-refractivity contribution >= 4 is 28.5 Å². The number of H-pyrrole nitrogens is 1. The van der Waals surface area contributed by atoms with Gasteiger partial charge in [-0.2, -0.15) is 0 Å². The molecule has 1 amide bonds. The zero-order valence-electron chi connectivity index (χ0n) is 16.3. The molecule has 0 spiro atoms. The number of nitrogens with one attached hydrogen (secondary N) is 2. The summed E-state index contributed by atoms with van der Waals surface area (Å²) in [6, 6.07) is 6.31. The van der Waals surface area contributed by atoms with Crippen molar-refractivity contribution in [3.63, 3.8) is 0 Å². The van der Waals surface area contributed by atoms with E-state index in [1.54, 1.807) is 0 Å². The first-order valence-corrected chi connectivity index (χ1v) is 10.8. The van der Waals surface area contributed by atoms with Crippen LogP contribution in [-0.4, -0.2) is 59.7 Å². The second-order valence-corrected chi connectivity index (χ2v) is 8.33. The SMILES string of the molecule is O=C(NCCCc1nc2ccc(Cl)cc2[nH]1)C1CCN(C2CCOCC2)CC1. The minimum Gasteiger partial charge on any atom is -0.381 e. The summed E-state index contributed by atoms with van der Waals surface area (Å²) in [4.78, 5) is 22.9. The minimum absolute atomic E-state index is 0.157. The summed E-state index contributed by atoms with van der Waals surface area (Å²) in [5, 5.41) is 3.83. The molecule has 0 saturated carbocycles. The molecule has 2 saturated heterocycles. The summed E-state index contributed by atoms with van der Waals surface area (Å²) in [6.45, 7) is 4.51. The molecule has 4 rings (SSSR count). The van der Waals surface area contributed by atoms with Gasteiger partial charge >= 0.3 is 0 Å². The number of hydrogen-bond acceptors (Lipinski definition) is 4. The predicted octanol–water partition coefficient (Wildman–Crippen LogP) is 3.16. The van der Waals surface area contributed by atoms with Crippen molar-refractivity contribution in [2.24, 2.45) is 5.92 Å². The third kappa shape index (κ3) is 4.85. The number of ether oxygens (including phenoxy) is 1. The number of benzene rings is 1. The van der Waals surface area contributed by atoms with Gasteiger partial charge < -0.3 is 19.9 Å². The van der Waals surface area contributed by atoms with Crippen molar-refractivity contribution in [3.8, 4) is 0 Å². The summed E-state index contributed by atoms with van der Waals surface area (Å²) in [6.07, 6.45) is 5.88. The summed E-state index contributed by atoms with van der Waals surface area (Å²) in [5.41, 5.74) is 1.89. The van der Waals surface area contributed by atoms with Crippen LogP contribution in [0.3, 0.4) is 0 Å². The van der Waals surface area contributed by atoms with E-state index in [9.17, 15) is 4.79 Å². The molecule has 0 bridgehead atoms. The lowest BCUT2D eigenvalue weighted by Crippen LogP contribution is -2.46. The van der Waals surface area contributed by atoms with Gasteiger partial charge in [0.25, 0.3) is 0 Å². The van der Waals surface area contributed by atoms with Gasteiger partial charge in [-0.05, 0) is 63.4 Å². The lowest BCUT2D eigenvalue weighted by Gasteiger charge is -2.38. The number of nitrogens with zero attached hydrogens (tertiary/aromatic N) is 2. The first-order valence-electron chi connectivity index (χ1n) is 10.4. The van der Waals surface area contributed by atoms with Crippen LogP contribution in [0.5, 0.6) is 0 Å². The van der Waals surface area contributed by atoms with E-state index in [4.69, 9.17) is 16.3 Å². The maximum absolute atomic E-state index is 12.5. The van der Waals surface area contributed by atoms with Gasteiger partial charge in [0.2, 0.25) is 5.91 Å². The van der Waals surface area contributed by atoms with Crippen molar-refractivity contribution in [1.29, 1.82) is 0 Å². The molecule has 2 N–H and O–H groups in total. The molecular weight excluding hydrogens is 376 g/mol. The monoisotopic (exact) mass is 404 g/mol. The van der Waals surface area contributed by atoms with Crippen LogP contribution in [0.25, 0.3) is 11.0 Å². The molecule has 0 aliphatic carbocycles. The molecule has 152 valence electrons. The van der Waals surface area contributed by atoms with E-state index in [-0.39, 0.29) is 11.8 Å². The number of fused-ring (bicyclic) bond motifs is 1. The number of likely N-dealkylation sites (tertiary alicyclic amines) is 1. The fraction of sp³-hybridized carbons (Fsp3) is 0.619. The van der Waals surface area contributed by atoms with Gasteiger partial charge in [-0.3, -0.25) is 4.79 Å². The Bertz CT molecular complexity index is 795. The number of halogens is 1. The van der Waals surface area contributed by atoms with Crippen LogP contribution in [0.2, 0.25) is 5.02 Å². The smallest absolute Gasteiger partial charge is 0.223 e. The highest BCUT2D eigenvalue weighted by Crippen LogP contribution is 2.23. The molecule has 28 heavy (non-hydrogen) atoms. The third-order valence-corrected chi connectivity index (χ3v) is 6.23. The largest absolute Gasteiger partial charge is 0.381 e. The van der Waals surface area contributed by atoms with Crippen molar-refractivity contribution in [2.45, 2.75) is 44.6 Å². The molecule has 0 unspecified atom stereocenters. The van der Waals surface area contributed by atoms with Crippen LogP contribution in [0.4, 0.5) is 0 Å². The third-order valence-electron chi connectivity index (χ3n) is 5.99. The second-order valence-electron chi connectivity index (χ2n) is 7.89. The van der Waals surface area contributed by atoms with E-state index in [0.717, 1.165) is 81.7 Å². The maximum Gasteiger partial charge on any atom is 0.223 e. The second kappa shape index (κ2) is 9.25. The molecule has 2 fully saturated rings. The van der Waals surface area contributed by atoms with E-state index >= 15 is 0 Å². The van der Waals surface area contributed by atoms with Gasteiger partial charge in [0, 0.05) is 43.2 Å². The average molecular weight is 405 g/mol. The Labute approximate surface area is 171 Å². The topological polar surface area (TPSA) is 70.2 Å². The number of imidazole rings is 1. The molecule has 2 aliphatic heterocycles. The molecule has 6 nitrogen and oxygen atoms in total. The summed E-state index contributed by atoms with van der Waals surface area (Å²) in [7, 11) is 0. The number of hydrogen-bond donors (Lipinski definition) is 2. The number of aromatic amines is 1. The number of aromatic nitrogens is 2. The van der Waals surface area contributed by atoms with Gasteiger partial charge in [-0.15, -0.1) is 0 Å². The average Bonchev–Trinajstić information content (AvgIpc) is 3.13. The molecule has 2 aliphatic rings. The lowest BCUT2D eigenvalue weighted by molar-refractivity contribution is -0.126. The fourth-order valence-electron chi connectivity index (χ4n) is 4.34. The number of amides is 1. The summed E-state index contributed by atoms with van der Waals surface area (Å²) < 4.78 is 5.46. The van der Waals surface area contributed by atoms with Crippen LogP contribution in [0.1, 0.15) is 37.9 Å². The minimum atomic E-state index is 0.157. The highest BCUT2D eigenvalue weighted by molar-refractivity contribution is 6.31. The predicted molar refractivity (Wildman–Crippen MR) is 111 cm³/mol. The molecule has 1 aromatic heterocycles. The normalized spacial score (nSPS) is 19.9. The molecule has 7 heteroatoms. The van der Waals surface area contributed by atoms with Gasteiger partial charge in [0.05, 0.1) is 11.0 Å². The first-order chi connectivity index (χ1) is 13.7. The molecular formula is C21H29ClN4O2. The van der Waals surface area contributed by atoms with Crippen molar-refractivity contribution < 1.29 is 9.53 Å². The number of carbonyl (C=O) groups is 1. The van der Waals surface area contributed by atoms with Crippen LogP contribution in [0.15, 0.2) is 18.2 Å². The van der Waals surface area contributed by atoms with Gasteiger partial charge in [-0.25, -0.2) is 4.98 Å². The van der Waals surface area contributed by atoms with E-state index in [0.29, 0.717) is 17.6 Å². The molecule has 3 heterocycles. The Morgan fingerprint density at radius 2 is 2.04 bits per heavy atom. The van der Waals surface area contributed by atoms with Crippen LogP contribution < -0.4 is 5.32 Å². The Morgan fingerprint density at radius 3 is 2.82 bits per heavy atom. The number of aryl methyl sites for hydroxylation is 1. The Balaban J connectivity index is 1.16. The van der Waals surface area contributed by atoms with Gasteiger partial charge in [0.1, 0.15) is 5.82 Å². The van der Waals surface area contributed by atoms with Gasteiger partial charge in [-0.1, -0.05) is 11.6 Å². The van der Waals surface area contributed by atoms with E-state index < -0.39 is 0 Å². The zero-order valence-corrected chi connectivity index (χ0v) is 17.0. The van der Waals surface area contributed by atoms with E-state index in [2.05, 4.69) is 20.2 Å². The van der Waals surface area contributed by atoms with Gasteiger partial charge in [0.15, 0.2) is 0 Å². The fourth-order valence-corrected chi connectivity index (χ4v) is 4.51. The number of carbonyl (C=O) groups excluding carboxylic acids is 1. The standard InChI is InChI=1S/C21H29ClN4O2/c22-16-3-4-18-19(14-16)25-20(24-18)2-1-9-23-21(27)15-5-10-26(11-6-15)17-7-12-28-13-8-17/h3-4,14-15,17H,1-2,5-13H2,(H,23,27)(H,24,25).